The van der Waals surface area contributed by atoms with Crippen molar-refractivity contribution in [2.24, 2.45) is 17.3 Å². The lowest BCUT2D eigenvalue weighted by molar-refractivity contribution is -0.137. The Hall–Kier alpha value is -0.570. The molecule has 1 N–H and O–H groups in total. The third-order valence-corrected chi connectivity index (χ3v) is 5.94. The van der Waals surface area contributed by atoms with Crippen LogP contribution in [0.2, 0.25) is 0 Å². The maximum Gasteiger partial charge on any atom is 0.239 e. The van der Waals surface area contributed by atoms with Crippen LogP contribution in [0.1, 0.15) is 58.8 Å². The number of carbonyl (C=O) groups is 1. The molecule has 1 aliphatic heterocycles. The Morgan fingerprint density at radius 3 is 2.35 bits per heavy atom. The van der Waals surface area contributed by atoms with Gasteiger partial charge < -0.3 is 10.2 Å². The molecule has 20 heavy (non-hydrogen) atoms. The van der Waals surface area contributed by atoms with Gasteiger partial charge in [-0.25, -0.2) is 0 Å². The quantitative estimate of drug-likeness (QED) is 0.842. The number of rotatable bonds is 2. The molecule has 3 nitrogen and oxygen atoms in total. The SMILES string of the molecule is CNC1CCC(C)(C)CN(C2CC3CCC(C3)C2)C1=O. The molecule has 2 saturated carbocycles. The molecule has 1 heterocycles. The van der Waals surface area contributed by atoms with Crippen LogP contribution in [0.25, 0.3) is 0 Å². The summed E-state index contributed by atoms with van der Waals surface area (Å²) >= 11 is 0. The lowest BCUT2D eigenvalue weighted by Gasteiger charge is -2.40. The third-order valence-electron chi connectivity index (χ3n) is 5.94. The monoisotopic (exact) mass is 278 g/mol. The molecule has 2 bridgehead atoms. The zero-order chi connectivity index (χ0) is 14.3. The fourth-order valence-electron chi connectivity index (χ4n) is 4.78. The summed E-state index contributed by atoms with van der Waals surface area (Å²) in [5, 5.41) is 3.25. The molecule has 114 valence electrons. The summed E-state index contributed by atoms with van der Waals surface area (Å²) in [5.74, 6) is 2.15. The Morgan fingerprint density at radius 2 is 1.75 bits per heavy atom. The minimum atomic E-state index is 0.0383. The van der Waals surface area contributed by atoms with Crippen molar-refractivity contribution < 1.29 is 4.79 Å². The molecule has 0 spiro atoms. The average molecular weight is 278 g/mol. The van der Waals surface area contributed by atoms with E-state index in [4.69, 9.17) is 0 Å². The highest BCUT2D eigenvalue weighted by Crippen LogP contribution is 2.44. The van der Waals surface area contributed by atoms with E-state index < -0.39 is 0 Å². The van der Waals surface area contributed by atoms with Gasteiger partial charge in [0.2, 0.25) is 5.91 Å². The normalized spacial score (nSPS) is 40.8. The number of fused-ring (bicyclic) bond motifs is 2. The summed E-state index contributed by atoms with van der Waals surface area (Å²) in [4.78, 5) is 15.1. The molecule has 0 aromatic rings. The Bertz CT molecular complexity index is 367. The van der Waals surface area contributed by atoms with Crippen molar-refractivity contribution in [2.75, 3.05) is 13.6 Å². The fraction of sp³-hybridized carbons (Fsp3) is 0.941. The van der Waals surface area contributed by atoms with Gasteiger partial charge in [-0.1, -0.05) is 26.7 Å². The van der Waals surface area contributed by atoms with Crippen molar-refractivity contribution in [3.05, 3.63) is 0 Å². The van der Waals surface area contributed by atoms with E-state index >= 15 is 0 Å². The van der Waals surface area contributed by atoms with E-state index in [1.54, 1.807) is 0 Å². The molecule has 0 radical (unpaired) electrons. The van der Waals surface area contributed by atoms with E-state index in [-0.39, 0.29) is 11.5 Å². The number of hydrogen-bond donors (Lipinski definition) is 1. The molecular weight excluding hydrogens is 248 g/mol. The van der Waals surface area contributed by atoms with Crippen LogP contribution in [0.15, 0.2) is 0 Å². The topological polar surface area (TPSA) is 32.3 Å². The number of nitrogens with one attached hydrogen (secondary N) is 1. The van der Waals surface area contributed by atoms with Gasteiger partial charge in [0.05, 0.1) is 6.04 Å². The van der Waals surface area contributed by atoms with Crippen LogP contribution >= 0.6 is 0 Å². The van der Waals surface area contributed by atoms with Crippen LogP contribution in [0.4, 0.5) is 0 Å². The molecule has 3 heteroatoms. The number of amides is 1. The molecule has 2 aliphatic carbocycles. The van der Waals surface area contributed by atoms with Crippen molar-refractivity contribution in [3.63, 3.8) is 0 Å². The molecule has 3 rings (SSSR count). The Labute approximate surface area is 123 Å². The van der Waals surface area contributed by atoms with E-state index in [0.717, 1.165) is 31.2 Å². The van der Waals surface area contributed by atoms with E-state index in [1.165, 1.54) is 32.1 Å². The highest BCUT2D eigenvalue weighted by molar-refractivity contribution is 5.82. The summed E-state index contributed by atoms with van der Waals surface area (Å²) in [6, 6.07) is 0.554. The highest BCUT2D eigenvalue weighted by atomic mass is 16.2. The maximum absolute atomic E-state index is 12.9. The first-order valence-electron chi connectivity index (χ1n) is 8.46. The number of hydrogen-bond acceptors (Lipinski definition) is 2. The van der Waals surface area contributed by atoms with Crippen LogP contribution in [0.5, 0.6) is 0 Å². The minimum absolute atomic E-state index is 0.0383. The number of likely N-dealkylation sites (N-methyl/N-ethyl adjacent to an activating group) is 1. The van der Waals surface area contributed by atoms with Gasteiger partial charge in [-0.15, -0.1) is 0 Å². The molecule has 3 unspecified atom stereocenters. The predicted molar refractivity (Wildman–Crippen MR) is 81.4 cm³/mol. The van der Waals surface area contributed by atoms with Crippen molar-refractivity contribution in [1.29, 1.82) is 0 Å². The van der Waals surface area contributed by atoms with Gasteiger partial charge in [0.15, 0.2) is 0 Å². The highest BCUT2D eigenvalue weighted by Gasteiger charge is 2.42. The molecule has 1 amide bonds. The first-order valence-corrected chi connectivity index (χ1v) is 8.46. The molecule has 0 aromatic carbocycles. The van der Waals surface area contributed by atoms with Gasteiger partial charge in [-0.2, -0.15) is 0 Å². The van der Waals surface area contributed by atoms with Gasteiger partial charge >= 0.3 is 0 Å². The van der Waals surface area contributed by atoms with Gasteiger partial charge in [-0.05, 0) is 56.4 Å². The lowest BCUT2D eigenvalue weighted by atomic mass is 9.83. The smallest absolute Gasteiger partial charge is 0.239 e. The molecule has 0 aromatic heterocycles. The minimum Gasteiger partial charge on any atom is -0.338 e. The van der Waals surface area contributed by atoms with E-state index in [0.29, 0.717) is 11.9 Å². The molecular formula is C17H30N2O. The van der Waals surface area contributed by atoms with Crippen molar-refractivity contribution in [3.8, 4) is 0 Å². The van der Waals surface area contributed by atoms with Gasteiger partial charge in [0.1, 0.15) is 0 Å². The average Bonchev–Trinajstić information content (AvgIpc) is 2.69. The second-order valence-corrected chi connectivity index (χ2v) is 8.18. The molecule has 3 atom stereocenters. The number of carbonyl (C=O) groups excluding carboxylic acids is 1. The standard InChI is InChI=1S/C17H30N2O/c1-17(2)7-6-15(18-3)16(20)19(11-17)14-9-12-4-5-13(8-12)10-14/h12-15,18H,4-11H2,1-3H3. The van der Waals surface area contributed by atoms with Crippen LogP contribution in [-0.2, 0) is 4.79 Å². The largest absolute Gasteiger partial charge is 0.338 e. The van der Waals surface area contributed by atoms with Crippen molar-refractivity contribution >= 4 is 5.91 Å². The first-order chi connectivity index (χ1) is 9.48. The van der Waals surface area contributed by atoms with Gasteiger partial charge in [-0.3, -0.25) is 4.79 Å². The Balaban J connectivity index is 1.79. The number of nitrogens with zero attached hydrogens (tertiary/aromatic N) is 1. The van der Waals surface area contributed by atoms with E-state index in [1.807, 2.05) is 7.05 Å². The number of likely N-dealkylation sites (tertiary alicyclic amines) is 1. The zero-order valence-electron chi connectivity index (χ0n) is 13.3. The van der Waals surface area contributed by atoms with Crippen LogP contribution in [0, 0.1) is 17.3 Å². The Morgan fingerprint density at radius 1 is 1.10 bits per heavy atom. The van der Waals surface area contributed by atoms with Crippen LogP contribution in [0.3, 0.4) is 0 Å². The summed E-state index contributed by atoms with van der Waals surface area (Å²) in [5.41, 5.74) is 0.262. The van der Waals surface area contributed by atoms with E-state index in [9.17, 15) is 4.79 Å². The second-order valence-electron chi connectivity index (χ2n) is 8.18. The van der Waals surface area contributed by atoms with Crippen LogP contribution < -0.4 is 5.32 Å². The third kappa shape index (κ3) is 2.74. The van der Waals surface area contributed by atoms with Crippen LogP contribution in [-0.4, -0.2) is 36.5 Å². The zero-order valence-corrected chi connectivity index (χ0v) is 13.3. The second kappa shape index (κ2) is 5.32. The molecule has 3 aliphatic rings. The van der Waals surface area contributed by atoms with E-state index in [2.05, 4.69) is 24.1 Å². The maximum atomic E-state index is 12.9. The van der Waals surface area contributed by atoms with Crippen molar-refractivity contribution in [1.82, 2.24) is 10.2 Å². The lowest BCUT2D eigenvalue weighted by Crippen LogP contribution is -2.51. The molecule has 1 saturated heterocycles. The van der Waals surface area contributed by atoms with Gasteiger partial charge in [0.25, 0.3) is 0 Å². The summed E-state index contributed by atoms with van der Waals surface area (Å²) in [7, 11) is 1.93. The predicted octanol–water partition coefficient (Wildman–Crippen LogP) is 2.80. The summed E-state index contributed by atoms with van der Waals surface area (Å²) < 4.78 is 0. The van der Waals surface area contributed by atoms with Gasteiger partial charge in [0, 0.05) is 12.6 Å². The fourth-order valence-corrected chi connectivity index (χ4v) is 4.78. The summed E-state index contributed by atoms with van der Waals surface area (Å²) in [6.45, 7) is 5.60. The molecule has 3 fully saturated rings. The first kappa shape index (κ1) is 14.4. The Kier molecular flexibility index (Phi) is 3.83. The summed E-state index contributed by atoms with van der Waals surface area (Å²) in [6.07, 6.45) is 8.88. The van der Waals surface area contributed by atoms with Crippen molar-refractivity contribution in [2.45, 2.75) is 70.9 Å².